The summed E-state index contributed by atoms with van der Waals surface area (Å²) in [6, 6.07) is 0. The van der Waals surface area contributed by atoms with E-state index in [0.717, 1.165) is 0 Å². The van der Waals surface area contributed by atoms with Gasteiger partial charge < -0.3 is 33.7 Å². The lowest BCUT2D eigenvalue weighted by Crippen LogP contribution is -2.32. The maximum absolute atomic E-state index is 13.1. The highest BCUT2D eigenvalue weighted by atomic mass is 16.5. The number of allylic oxidation sites excluding steroid dienone is 6. The fraction of sp³-hybridized carbons (Fsp3) is 0.595. The number of aliphatic hydroxyl groups is 1. The van der Waals surface area contributed by atoms with E-state index in [2.05, 4.69) is 0 Å². The Hall–Kier alpha value is -4.39. The Bertz CT molecular complexity index is 1280. The van der Waals surface area contributed by atoms with Crippen molar-refractivity contribution in [3.8, 4) is 0 Å². The molecule has 0 bridgehead atoms. The van der Waals surface area contributed by atoms with E-state index in [0.29, 0.717) is 37.7 Å². The molecule has 0 amide bonds. The van der Waals surface area contributed by atoms with Crippen LogP contribution in [0, 0.1) is 41.4 Å². The van der Waals surface area contributed by atoms with Gasteiger partial charge in [0.25, 0.3) is 0 Å². The van der Waals surface area contributed by atoms with Crippen LogP contribution in [0.1, 0.15) is 72.6 Å². The maximum Gasteiger partial charge on any atom is 0.306 e. The standard InChI is InChI=1S/C37H50O13/c1-5-25(18-41)28(8-11-38)14-35(45)48-22-31(21-44)32-17-34(50-37(47)16-30(10-13-40)27(7-3)20-43)24(4)33(32)23-49-36(46)15-29(9-12-39)26(6-2)19-42/h5-7,11-13,18-20,24,28-34,44H,8-10,14-17,21-23H2,1-4H3/b25-5-,26-6-,27-7-/t24-,28-,29-,30-,31?,32+,33-,34-/m1/s1. The summed E-state index contributed by atoms with van der Waals surface area (Å²) >= 11 is 0. The molecule has 1 saturated carbocycles. The second-order valence-electron chi connectivity index (χ2n) is 12.4. The van der Waals surface area contributed by atoms with Gasteiger partial charge in [-0.3, -0.25) is 28.8 Å². The van der Waals surface area contributed by atoms with Crippen molar-refractivity contribution in [2.75, 3.05) is 19.8 Å². The largest absolute Gasteiger partial charge is 0.465 e. The molecular formula is C37H50O13. The number of rotatable bonds is 25. The van der Waals surface area contributed by atoms with Crippen molar-refractivity contribution >= 4 is 55.6 Å². The molecule has 0 spiro atoms. The summed E-state index contributed by atoms with van der Waals surface area (Å²) in [4.78, 5) is 107. The summed E-state index contributed by atoms with van der Waals surface area (Å²) in [5.41, 5.74) is 0.843. The van der Waals surface area contributed by atoms with Crippen LogP contribution in [-0.4, -0.2) is 86.7 Å². The molecule has 0 aliphatic heterocycles. The zero-order valence-corrected chi connectivity index (χ0v) is 29.2. The smallest absolute Gasteiger partial charge is 0.306 e. The second-order valence-corrected chi connectivity index (χ2v) is 12.4. The normalized spacial score (nSPS) is 21.9. The molecule has 13 heteroatoms. The molecule has 276 valence electrons. The van der Waals surface area contributed by atoms with Gasteiger partial charge >= 0.3 is 17.9 Å². The summed E-state index contributed by atoms with van der Waals surface area (Å²) < 4.78 is 16.9. The average molecular weight is 703 g/mol. The lowest BCUT2D eigenvalue weighted by atomic mass is 9.82. The predicted octanol–water partition coefficient (Wildman–Crippen LogP) is 3.09. The lowest BCUT2D eigenvalue weighted by molar-refractivity contribution is -0.153. The van der Waals surface area contributed by atoms with E-state index >= 15 is 0 Å². The van der Waals surface area contributed by atoms with E-state index in [9.17, 15) is 48.3 Å². The van der Waals surface area contributed by atoms with Crippen molar-refractivity contribution in [3.63, 3.8) is 0 Å². The molecule has 8 atom stereocenters. The van der Waals surface area contributed by atoms with Crippen molar-refractivity contribution < 1.29 is 62.5 Å². The highest BCUT2D eigenvalue weighted by molar-refractivity contribution is 5.80. The van der Waals surface area contributed by atoms with Gasteiger partial charge in [0, 0.05) is 55.5 Å². The van der Waals surface area contributed by atoms with Crippen LogP contribution in [0.3, 0.4) is 0 Å². The molecule has 1 rings (SSSR count). The number of carbonyl (C=O) groups is 9. The minimum atomic E-state index is -0.725. The van der Waals surface area contributed by atoms with Gasteiger partial charge in [0.15, 0.2) is 0 Å². The fourth-order valence-corrected chi connectivity index (χ4v) is 6.50. The molecule has 0 aromatic carbocycles. The van der Waals surface area contributed by atoms with E-state index in [-0.39, 0.29) is 74.9 Å². The van der Waals surface area contributed by atoms with E-state index in [4.69, 9.17) is 14.2 Å². The summed E-state index contributed by atoms with van der Waals surface area (Å²) in [5, 5.41) is 10.4. The minimum Gasteiger partial charge on any atom is -0.465 e. The molecule has 1 aliphatic carbocycles. The Labute approximate surface area is 292 Å². The lowest BCUT2D eigenvalue weighted by Gasteiger charge is -2.28. The molecule has 50 heavy (non-hydrogen) atoms. The quantitative estimate of drug-likeness (QED) is 0.0630. The second kappa shape index (κ2) is 23.9. The van der Waals surface area contributed by atoms with E-state index in [1.54, 1.807) is 27.7 Å². The van der Waals surface area contributed by atoms with Gasteiger partial charge in [-0.2, -0.15) is 0 Å². The predicted molar refractivity (Wildman–Crippen MR) is 179 cm³/mol. The van der Waals surface area contributed by atoms with Crippen molar-refractivity contribution in [2.24, 2.45) is 41.4 Å². The Kier molecular flexibility index (Phi) is 20.8. The number of aldehydes is 6. The Morgan fingerprint density at radius 3 is 1.48 bits per heavy atom. The average Bonchev–Trinajstić information content (AvgIpc) is 3.39. The number of esters is 3. The summed E-state index contributed by atoms with van der Waals surface area (Å²) in [7, 11) is 0. The van der Waals surface area contributed by atoms with E-state index in [1.165, 1.54) is 18.2 Å². The number of hydrogen-bond acceptors (Lipinski definition) is 13. The molecule has 0 aromatic heterocycles. The van der Waals surface area contributed by atoms with Crippen molar-refractivity contribution in [3.05, 3.63) is 34.9 Å². The molecule has 1 aliphatic rings. The first-order chi connectivity index (χ1) is 24.0. The first kappa shape index (κ1) is 43.6. The molecule has 0 aromatic rings. The highest BCUT2D eigenvalue weighted by Crippen LogP contribution is 2.44. The van der Waals surface area contributed by atoms with Crippen molar-refractivity contribution in [1.82, 2.24) is 0 Å². The molecule has 1 unspecified atom stereocenters. The van der Waals surface area contributed by atoms with Crippen LogP contribution in [0.25, 0.3) is 0 Å². The molecule has 0 saturated heterocycles. The molecular weight excluding hydrogens is 652 g/mol. The maximum atomic E-state index is 13.1. The highest BCUT2D eigenvalue weighted by Gasteiger charge is 2.47. The van der Waals surface area contributed by atoms with E-state index < -0.39 is 72.0 Å². The topological polar surface area (TPSA) is 202 Å². The van der Waals surface area contributed by atoms with E-state index in [1.807, 2.05) is 0 Å². The van der Waals surface area contributed by atoms with Crippen LogP contribution in [0.5, 0.6) is 0 Å². The molecule has 1 N–H and O–H groups in total. The van der Waals surface area contributed by atoms with Gasteiger partial charge in [0.2, 0.25) is 0 Å². The zero-order chi connectivity index (χ0) is 37.6. The van der Waals surface area contributed by atoms with Crippen LogP contribution < -0.4 is 0 Å². The molecule has 13 nitrogen and oxygen atoms in total. The van der Waals surface area contributed by atoms with Gasteiger partial charge in [0.1, 0.15) is 43.8 Å². The Morgan fingerprint density at radius 2 is 1.10 bits per heavy atom. The summed E-state index contributed by atoms with van der Waals surface area (Å²) in [5.74, 6) is -6.13. The fourth-order valence-electron chi connectivity index (χ4n) is 6.50. The number of ether oxygens (including phenoxy) is 3. The van der Waals surface area contributed by atoms with Crippen LogP contribution in [0.15, 0.2) is 34.9 Å². The minimum absolute atomic E-state index is 0.0624. The van der Waals surface area contributed by atoms with Gasteiger partial charge in [-0.15, -0.1) is 0 Å². The van der Waals surface area contributed by atoms with Gasteiger partial charge in [-0.25, -0.2) is 0 Å². The van der Waals surface area contributed by atoms with Gasteiger partial charge in [-0.05, 0) is 55.7 Å². The third kappa shape index (κ3) is 13.5. The van der Waals surface area contributed by atoms with Crippen molar-refractivity contribution in [2.45, 2.75) is 78.7 Å². The first-order valence-electron chi connectivity index (χ1n) is 16.8. The Morgan fingerprint density at radius 1 is 0.680 bits per heavy atom. The van der Waals surface area contributed by atoms with Crippen LogP contribution in [0.2, 0.25) is 0 Å². The molecule has 0 heterocycles. The van der Waals surface area contributed by atoms with Crippen LogP contribution in [-0.2, 0) is 57.4 Å². The first-order valence-corrected chi connectivity index (χ1v) is 16.8. The number of carbonyl (C=O) groups excluding carboxylic acids is 9. The van der Waals surface area contributed by atoms with Gasteiger partial charge in [0.05, 0.1) is 32.5 Å². The van der Waals surface area contributed by atoms with Gasteiger partial charge in [-0.1, -0.05) is 25.2 Å². The Balaban J connectivity index is 3.24. The van der Waals surface area contributed by atoms with Crippen LogP contribution >= 0.6 is 0 Å². The molecule has 0 radical (unpaired) electrons. The number of hydrogen-bond donors (Lipinski definition) is 1. The third-order valence-corrected chi connectivity index (χ3v) is 9.54. The SMILES string of the molecule is C/C=C(/C=O)[C@H](CC=O)CC(=O)OCC(CO)[C@@H]1C[C@@H](OC(=O)C[C@@H](CC=O)/C(C=O)=C\C)[C@H](C)[C@H]1COC(=O)C[C@@H](CC=O)/C(C=O)=C\C. The van der Waals surface area contributed by atoms with Crippen molar-refractivity contribution in [1.29, 1.82) is 0 Å². The summed E-state index contributed by atoms with van der Waals surface area (Å²) in [6.45, 7) is 5.76. The third-order valence-electron chi connectivity index (χ3n) is 9.54. The zero-order valence-electron chi connectivity index (χ0n) is 29.2. The van der Waals surface area contributed by atoms with Crippen LogP contribution in [0.4, 0.5) is 0 Å². The molecule has 1 fully saturated rings. The number of aliphatic hydroxyl groups excluding tert-OH is 1. The monoisotopic (exact) mass is 702 g/mol. The summed E-state index contributed by atoms with van der Waals surface area (Å²) in [6.07, 6.45) is 6.69.